The molecule has 1 aliphatic rings. The van der Waals surface area contributed by atoms with Crippen LogP contribution >= 0.6 is 15.9 Å². The summed E-state index contributed by atoms with van der Waals surface area (Å²) in [5.41, 5.74) is 5.94. The number of nitrogens with zero attached hydrogens (tertiary/aromatic N) is 3. The Kier molecular flexibility index (Phi) is 4.63. The number of anilines is 1. The van der Waals surface area contributed by atoms with Crippen LogP contribution < -0.4 is 4.90 Å². The molecule has 0 bridgehead atoms. The Hall–Kier alpha value is -2.66. The fourth-order valence-electron chi connectivity index (χ4n) is 4.29. The lowest BCUT2D eigenvalue weighted by molar-refractivity contribution is 0.623. The van der Waals surface area contributed by atoms with E-state index < -0.39 is 0 Å². The highest BCUT2D eigenvalue weighted by molar-refractivity contribution is 9.10. The molecule has 0 fully saturated rings. The molecule has 5 rings (SSSR count). The van der Waals surface area contributed by atoms with E-state index in [4.69, 9.17) is 4.98 Å². The van der Waals surface area contributed by atoms with E-state index >= 15 is 0 Å². The molecule has 0 radical (unpaired) electrons. The van der Waals surface area contributed by atoms with Gasteiger partial charge in [-0.05, 0) is 64.2 Å². The van der Waals surface area contributed by atoms with Gasteiger partial charge in [0.15, 0.2) is 5.82 Å². The van der Waals surface area contributed by atoms with Gasteiger partial charge in [-0.15, -0.1) is 0 Å². The van der Waals surface area contributed by atoms with Crippen molar-refractivity contribution in [3.8, 4) is 0 Å². The third-order valence-electron chi connectivity index (χ3n) is 5.79. The van der Waals surface area contributed by atoms with Gasteiger partial charge in [-0.2, -0.15) is 0 Å². The van der Waals surface area contributed by atoms with Gasteiger partial charge in [-0.3, -0.25) is 0 Å². The average molecular weight is 450 g/mol. The first kappa shape index (κ1) is 18.4. The molecular formula is C24H21BrFN3. The van der Waals surface area contributed by atoms with Crippen molar-refractivity contribution in [2.45, 2.75) is 26.4 Å². The van der Waals surface area contributed by atoms with E-state index in [-0.39, 0.29) is 5.82 Å². The molecule has 2 aromatic carbocycles. The minimum Gasteiger partial charge on any atom is -0.350 e. The van der Waals surface area contributed by atoms with Crippen LogP contribution in [0.5, 0.6) is 0 Å². The molecule has 3 nitrogen and oxygen atoms in total. The van der Waals surface area contributed by atoms with Crippen LogP contribution in [0.1, 0.15) is 22.4 Å². The zero-order chi connectivity index (χ0) is 20.0. The normalized spacial score (nSPS) is 13.7. The van der Waals surface area contributed by atoms with Crippen LogP contribution in [-0.2, 0) is 19.5 Å². The number of benzene rings is 2. The molecule has 0 saturated carbocycles. The fourth-order valence-corrected chi connectivity index (χ4v) is 4.82. The summed E-state index contributed by atoms with van der Waals surface area (Å²) in [7, 11) is 0. The minimum absolute atomic E-state index is 0.207. The van der Waals surface area contributed by atoms with Crippen molar-refractivity contribution in [2.24, 2.45) is 0 Å². The number of aromatic nitrogens is 2. The van der Waals surface area contributed by atoms with Crippen LogP contribution in [0.25, 0.3) is 10.9 Å². The van der Waals surface area contributed by atoms with E-state index in [1.54, 1.807) is 12.1 Å². The van der Waals surface area contributed by atoms with Crippen molar-refractivity contribution in [3.05, 3.63) is 93.5 Å². The summed E-state index contributed by atoms with van der Waals surface area (Å²) in [5.74, 6) is 0.781. The van der Waals surface area contributed by atoms with Gasteiger partial charge in [0.1, 0.15) is 5.82 Å². The summed E-state index contributed by atoms with van der Waals surface area (Å²) >= 11 is 3.77. The van der Waals surface area contributed by atoms with Gasteiger partial charge in [-0.1, -0.05) is 36.4 Å². The number of pyridine rings is 1. The highest BCUT2D eigenvalue weighted by Gasteiger charge is 2.23. The molecule has 29 heavy (non-hydrogen) atoms. The second kappa shape index (κ2) is 7.30. The lowest BCUT2D eigenvalue weighted by Crippen LogP contribution is -2.31. The molecule has 0 N–H and O–H groups in total. The molecule has 0 saturated heterocycles. The van der Waals surface area contributed by atoms with Crippen LogP contribution in [0.2, 0.25) is 0 Å². The fraction of sp³-hybridized carbons (Fsp3) is 0.208. The molecule has 0 atom stereocenters. The van der Waals surface area contributed by atoms with E-state index in [0.29, 0.717) is 6.54 Å². The largest absolute Gasteiger partial charge is 0.350 e. The molecule has 2 aromatic heterocycles. The molecule has 0 amide bonds. The maximum Gasteiger partial charge on any atom is 0.153 e. The van der Waals surface area contributed by atoms with E-state index in [1.807, 2.05) is 12.3 Å². The molecule has 0 spiro atoms. The maximum atomic E-state index is 13.8. The van der Waals surface area contributed by atoms with E-state index in [0.717, 1.165) is 52.0 Å². The Labute approximate surface area is 177 Å². The van der Waals surface area contributed by atoms with Crippen molar-refractivity contribution < 1.29 is 4.39 Å². The highest BCUT2D eigenvalue weighted by Crippen LogP contribution is 2.37. The van der Waals surface area contributed by atoms with Crippen LogP contribution in [0.4, 0.5) is 10.2 Å². The lowest BCUT2D eigenvalue weighted by atomic mass is 10.00. The second-order valence-electron chi connectivity index (χ2n) is 7.59. The van der Waals surface area contributed by atoms with Crippen molar-refractivity contribution in [2.75, 3.05) is 11.4 Å². The topological polar surface area (TPSA) is 21.1 Å². The van der Waals surface area contributed by atoms with Crippen molar-refractivity contribution >= 4 is 32.7 Å². The Morgan fingerprint density at radius 1 is 1.07 bits per heavy atom. The van der Waals surface area contributed by atoms with Crippen LogP contribution in [0.3, 0.4) is 0 Å². The molecule has 146 valence electrons. The first-order valence-electron chi connectivity index (χ1n) is 9.81. The standard InChI is InChI=1S/C24H21BrFN3/c1-16-22(25)21-9-11-27-24(28-12-10-18-6-2-3-7-19(18)15-28)23(21)29(16)14-17-5-4-8-20(26)13-17/h2-9,11,13H,10,12,14-15H2,1H3. The first-order valence-corrected chi connectivity index (χ1v) is 10.6. The van der Waals surface area contributed by atoms with Crippen LogP contribution in [0, 0.1) is 12.7 Å². The predicted molar refractivity (Wildman–Crippen MR) is 119 cm³/mol. The maximum absolute atomic E-state index is 13.8. The first-order chi connectivity index (χ1) is 14.1. The Morgan fingerprint density at radius 2 is 1.90 bits per heavy atom. The Balaban J connectivity index is 1.63. The quantitative estimate of drug-likeness (QED) is 0.390. The zero-order valence-electron chi connectivity index (χ0n) is 16.2. The third-order valence-corrected chi connectivity index (χ3v) is 6.79. The predicted octanol–water partition coefficient (Wildman–Crippen LogP) is 5.86. The van der Waals surface area contributed by atoms with E-state index in [1.165, 1.54) is 17.2 Å². The van der Waals surface area contributed by atoms with Gasteiger partial charge in [0.2, 0.25) is 0 Å². The van der Waals surface area contributed by atoms with Crippen molar-refractivity contribution in [1.29, 1.82) is 0 Å². The lowest BCUT2D eigenvalue weighted by Gasteiger charge is -2.30. The van der Waals surface area contributed by atoms with Crippen molar-refractivity contribution in [3.63, 3.8) is 0 Å². The molecule has 1 aliphatic heterocycles. The molecule has 4 aromatic rings. The summed E-state index contributed by atoms with van der Waals surface area (Å²) in [5, 5.41) is 1.14. The zero-order valence-corrected chi connectivity index (χ0v) is 17.8. The molecule has 3 heterocycles. The number of halogens is 2. The number of hydrogen-bond donors (Lipinski definition) is 0. The summed E-state index contributed by atoms with van der Waals surface area (Å²) in [6.45, 7) is 4.49. The van der Waals surface area contributed by atoms with Gasteiger partial charge in [-0.25, -0.2) is 9.37 Å². The minimum atomic E-state index is -0.207. The number of hydrogen-bond acceptors (Lipinski definition) is 2. The Bertz CT molecular complexity index is 1210. The number of rotatable bonds is 3. The van der Waals surface area contributed by atoms with Crippen LogP contribution in [0.15, 0.2) is 65.3 Å². The summed E-state index contributed by atoms with van der Waals surface area (Å²) < 4.78 is 17.1. The van der Waals surface area contributed by atoms with Crippen LogP contribution in [-0.4, -0.2) is 16.1 Å². The van der Waals surface area contributed by atoms with Gasteiger partial charge in [0.25, 0.3) is 0 Å². The van der Waals surface area contributed by atoms with Gasteiger partial charge < -0.3 is 9.47 Å². The Morgan fingerprint density at radius 3 is 2.72 bits per heavy atom. The van der Waals surface area contributed by atoms with E-state index in [9.17, 15) is 4.39 Å². The van der Waals surface area contributed by atoms with Crippen molar-refractivity contribution in [1.82, 2.24) is 9.55 Å². The summed E-state index contributed by atoms with van der Waals surface area (Å²) in [6.07, 6.45) is 2.90. The summed E-state index contributed by atoms with van der Waals surface area (Å²) in [4.78, 5) is 7.15. The van der Waals surface area contributed by atoms with Gasteiger partial charge in [0, 0.05) is 41.4 Å². The third kappa shape index (κ3) is 3.23. The smallest absolute Gasteiger partial charge is 0.153 e. The molecule has 0 aliphatic carbocycles. The average Bonchev–Trinajstić information content (AvgIpc) is 2.98. The summed E-state index contributed by atoms with van der Waals surface area (Å²) in [6, 6.07) is 17.5. The van der Waals surface area contributed by atoms with Gasteiger partial charge >= 0.3 is 0 Å². The highest BCUT2D eigenvalue weighted by atomic mass is 79.9. The second-order valence-corrected chi connectivity index (χ2v) is 8.38. The molecule has 0 unspecified atom stereocenters. The molecular weight excluding hydrogens is 429 g/mol. The SMILES string of the molecule is Cc1c(Br)c2ccnc(N3CCc4ccccc4C3)c2n1Cc1cccc(F)c1. The van der Waals surface area contributed by atoms with Gasteiger partial charge in [0.05, 0.1) is 5.52 Å². The monoisotopic (exact) mass is 449 g/mol. The number of fused-ring (bicyclic) bond motifs is 2. The van der Waals surface area contributed by atoms with E-state index in [2.05, 4.69) is 62.7 Å². The molecule has 5 heteroatoms.